The van der Waals surface area contributed by atoms with Gasteiger partial charge in [-0.2, -0.15) is 4.99 Å². The first kappa shape index (κ1) is 17.0. The molecule has 1 aromatic heterocycles. The fourth-order valence-corrected chi connectivity index (χ4v) is 2.48. The SMILES string of the molecule is CCC(=O)N=c1sc([N+](=O)[O-])cn1CC(=O)N(CC)CC. The lowest BCUT2D eigenvalue weighted by Crippen LogP contribution is -2.35. The van der Waals surface area contributed by atoms with Crippen LogP contribution in [0.4, 0.5) is 5.00 Å². The molecular weight excluding hydrogens is 296 g/mol. The monoisotopic (exact) mass is 314 g/mol. The fourth-order valence-electron chi connectivity index (χ4n) is 1.66. The molecule has 0 aliphatic heterocycles. The molecule has 8 nitrogen and oxygen atoms in total. The van der Waals surface area contributed by atoms with Crippen molar-refractivity contribution < 1.29 is 14.5 Å². The predicted octanol–water partition coefficient (Wildman–Crippen LogP) is 1.16. The topological polar surface area (TPSA) is 97.8 Å². The first-order valence-corrected chi connectivity index (χ1v) is 7.44. The van der Waals surface area contributed by atoms with Crippen molar-refractivity contribution in [3.05, 3.63) is 21.1 Å². The highest BCUT2D eigenvalue weighted by Crippen LogP contribution is 2.14. The maximum atomic E-state index is 12.1. The number of hydrogen-bond acceptors (Lipinski definition) is 5. The number of hydrogen-bond donors (Lipinski definition) is 0. The highest BCUT2D eigenvalue weighted by molar-refractivity contribution is 7.12. The molecule has 2 amide bonds. The highest BCUT2D eigenvalue weighted by atomic mass is 32.1. The molecule has 9 heteroatoms. The van der Waals surface area contributed by atoms with Crippen LogP contribution in [0.2, 0.25) is 0 Å². The molecule has 0 saturated heterocycles. The molecule has 1 heterocycles. The van der Waals surface area contributed by atoms with Gasteiger partial charge in [-0.1, -0.05) is 6.92 Å². The van der Waals surface area contributed by atoms with Gasteiger partial charge in [-0.3, -0.25) is 19.7 Å². The largest absolute Gasteiger partial charge is 0.343 e. The van der Waals surface area contributed by atoms with Crippen LogP contribution in [-0.4, -0.2) is 39.3 Å². The summed E-state index contributed by atoms with van der Waals surface area (Å²) in [6.07, 6.45) is 1.45. The van der Waals surface area contributed by atoms with E-state index in [9.17, 15) is 19.7 Å². The number of nitro groups is 1. The van der Waals surface area contributed by atoms with Crippen molar-refractivity contribution in [2.75, 3.05) is 13.1 Å². The lowest BCUT2D eigenvalue weighted by molar-refractivity contribution is -0.380. The van der Waals surface area contributed by atoms with Gasteiger partial charge in [0.1, 0.15) is 6.54 Å². The summed E-state index contributed by atoms with van der Waals surface area (Å²) in [6, 6.07) is 0. The van der Waals surface area contributed by atoms with E-state index in [1.165, 1.54) is 10.8 Å². The molecule has 0 aliphatic rings. The van der Waals surface area contributed by atoms with Gasteiger partial charge in [0.25, 0.3) is 0 Å². The van der Waals surface area contributed by atoms with Crippen molar-refractivity contribution in [2.24, 2.45) is 4.99 Å². The van der Waals surface area contributed by atoms with E-state index >= 15 is 0 Å². The van der Waals surface area contributed by atoms with E-state index in [1.54, 1.807) is 11.8 Å². The maximum Gasteiger partial charge on any atom is 0.343 e. The summed E-state index contributed by atoms with van der Waals surface area (Å²) >= 11 is 0.786. The fraction of sp³-hybridized carbons (Fsp3) is 0.583. The van der Waals surface area contributed by atoms with Gasteiger partial charge in [-0.15, -0.1) is 0 Å². The number of nitrogens with zero attached hydrogens (tertiary/aromatic N) is 4. The molecule has 21 heavy (non-hydrogen) atoms. The zero-order valence-electron chi connectivity index (χ0n) is 12.2. The van der Waals surface area contributed by atoms with Gasteiger partial charge in [0.2, 0.25) is 11.8 Å². The molecule has 0 bridgehead atoms. The molecule has 0 unspecified atom stereocenters. The summed E-state index contributed by atoms with van der Waals surface area (Å²) in [6.45, 7) is 6.41. The number of likely N-dealkylation sites (N-methyl/N-ethyl adjacent to an activating group) is 1. The molecule has 0 aromatic carbocycles. The van der Waals surface area contributed by atoms with E-state index in [0.29, 0.717) is 13.1 Å². The van der Waals surface area contributed by atoms with E-state index in [4.69, 9.17) is 0 Å². The Hall–Kier alpha value is -2.03. The molecule has 0 aliphatic carbocycles. The molecular formula is C12H18N4O4S. The number of rotatable bonds is 6. The van der Waals surface area contributed by atoms with Crippen molar-refractivity contribution in [2.45, 2.75) is 33.7 Å². The number of amides is 2. The van der Waals surface area contributed by atoms with E-state index in [1.807, 2.05) is 13.8 Å². The van der Waals surface area contributed by atoms with Gasteiger partial charge in [0.15, 0.2) is 4.80 Å². The third-order valence-electron chi connectivity index (χ3n) is 2.83. The first-order valence-electron chi connectivity index (χ1n) is 6.62. The Bertz CT molecular complexity index is 601. The predicted molar refractivity (Wildman–Crippen MR) is 77.8 cm³/mol. The van der Waals surface area contributed by atoms with Gasteiger partial charge in [-0.25, -0.2) is 0 Å². The molecule has 0 atom stereocenters. The second-order valence-electron chi connectivity index (χ2n) is 4.16. The van der Waals surface area contributed by atoms with Crippen LogP contribution in [0.3, 0.4) is 0 Å². The number of carbonyl (C=O) groups is 2. The van der Waals surface area contributed by atoms with Crippen LogP contribution in [0.5, 0.6) is 0 Å². The van der Waals surface area contributed by atoms with Gasteiger partial charge in [-0.05, 0) is 25.2 Å². The Balaban J connectivity index is 3.15. The summed E-state index contributed by atoms with van der Waals surface area (Å²) in [5.41, 5.74) is 0. The Morgan fingerprint density at radius 3 is 2.48 bits per heavy atom. The molecule has 0 radical (unpaired) electrons. The quantitative estimate of drug-likeness (QED) is 0.581. The second kappa shape index (κ2) is 7.67. The zero-order valence-corrected chi connectivity index (χ0v) is 13.1. The number of carbonyl (C=O) groups excluding carboxylic acids is 2. The van der Waals surface area contributed by atoms with Crippen LogP contribution in [0.1, 0.15) is 27.2 Å². The van der Waals surface area contributed by atoms with E-state index in [0.717, 1.165) is 11.3 Å². The summed E-state index contributed by atoms with van der Waals surface area (Å²) in [7, 11) is 0. The molecule has 0 N–H and O–H groups in total. The molecule has 1 rings (SSSR count). The van der Waals surface area contributed by atoms with Gasteiger partial charge >= 0.3 is 5.00 Å². The standard InChI is InChI=1S/C12H18N4O4S/c1-4-9(17)13-12-15(8-11(21-12)16(19)20)7-10(18)14(5-2)6-3/h8H,4-7H2,1-3H3. The minimum atomic E-state index is -0.557. The van der Waals surface area contributed by atoms with Crippen LogP contribution < -0.4 is 4.80 Å². The average molecular weight is 314 g/mol. The maximum absolute atomic E-state index is 12.1. The summed E-state index contributed by atoms with van der Waals surface area (Å²) in [4.78, 5) is 39.4. The third kappa shape index (κ3) is 4.48. The molecule has 116 valence electrons. The highest BCUT2D eigenvalue weighted by Gasteiger charge is 2.17. The van der Waals surface area contributed by atoms with Crippen LogP contribution in [0.25, 0.3) is 0 Å². The van der Waals surface area contributed by atoms with Crippen molar-refractivity contribution in [3.8, 4) is 0 Å². The van der Waals surface area contributed by atoms with E-state index in [-0.39, 0.29) is 34.6 Å². The van der Waals surface area contributed by atoms with Gasteiger partial charge < -0.3 is 9.47 Å². The van der Waals surface area contributed by atoms with Crippen molar-refractivity contribution in [1.82, 2.24) is 9.47 Å². The minimum Gasteiger partial charge on any atom is -0.342 e. The van der Waals surface area contributed by atoms with Crippen molar-refractivity contribution >= 4 is 28.2 Å². The van der Waals surface area contributed by atoms with E-state index < -0.39 is 4.92 Å². The van der Waals surface area contributed by atoms with E-state index in [2.05, 4.69) is 4.99 Å². The first-order chi connectivity index (χ1) is 9.92. The second-order valence-corrected chi connectivity index (χ2v) is 5.15. The average Bonchev–Trinajstić information content (AvgIpc) is 2.83. The number of thiazole rings is 1. The van der Waals surface area contributed by atoms with Gasteiger partial charge in [0, 0.05) is 19.5 Å². The van der Waals surface area contributed by atoms with Crippen LogP contribution in [-0.2, 0) is 16.1 Å². The van der Waals surface area contributed by atoms with Gasteiger partial charge in [0.05, 0.1) is 11.1 Å². The van der Waals surface area contributed by atoms with Crippen LogP contribution >= 0.6 is 11.3 Å². The van der Waals surface area contributed by atoms with Crippen molar-refractivity contribution in [1.29, 1.82) is 0 Å². The number of aromatic nitrogens is 1. The molecule has 0 saturated carbocycles. The smallest absolute Gasteiger partial charge is 0.342 e. The lowest BCUT2D eigenvalue weighted by atomic mass is 10.4. The molecule has 0 spiro atoms. The van der Waals surface area contributed by atoms with Crippen molar-refractivity contribution in [3.63, 3.8) is 0 Å². The Labute approximate surface area is 125 Å². The summed E-state index contributed by atoms with van der Waals surface area (Å²) in [5.74, 6) is -0.547. The minimum absolute atomic E-state index is 0.0676. The molecule has 0 fully saturated rings. The molecule has 1 aromatic rings. The Kier molecular flexibility index (Phi) is 6.22. The Morgan fingerprint density at radius 1 is 1.38 bits per heavy atom. The lowest BCUT2D eigenvalue weighted by Gasteiger charge is -2.18. The van der Waals surface area contributed by atoms with Crippen LogP contribution in [0.15, 0.2) is 11.2 Å². The summed E-state index contributed by atoms with van der Waals surface area (Å²) in [5, 5.41) is 10.7. The zero-order chi connectivity index (χ0) is 16.0. The summed E-state index contributed by atoms with van der Waals surface area (Å²) < 4.78 is 1.36. The Morgan fingerprint density at radius 2 is 2.00 bits per heavy atom. The normalized spacial score (nSPS) is 11.5. The van der Waals surface area contributed by atoms with Crippen LogP contribution in [0, 0.1) is 10.1 Å². The third-order valence-corrected chi connectivity index (χ3v) is 3.80.